The molecule has 4 nitrogen and oxygen atoms in total. The summed E-state index contributed by atoms with van der Waals surface area (Å²) in [5.41, 5.74) is -0.0354. The number of amides is 1. The molecule has 0 bridgehead atoms. The van der Waals surface area contributed by atoms with Gasteiger partial charge in [0.05, 0.1) is 17.5 Å². The van der Waals surface area contributed by atoms with Crippen molar-refractivity contribution >= 4 is 29.1 Å². The lowest BCUT2D eigenvalue weighted by Gasteiger charge is -2.10. The quantitative estimate of drug-likeness (QED) is 0.620. The molecule has 0 saturated carbocycles. The molecule has 1 aromatic carbocycles. The maximum atomic E-state index is 13.4. The fourth-order valence-corrected chi connectivity index (χ4v) is 2.25. The second-order valence-corrected chi connectivity index (χ2v) is 5.16. The van der Waals surface area contributed by atoms with Gasteiger partial charge in [0.25, 0.3) is 0 Å². The molecule has 0 aliphatic carbocycles. The minimum atomic E-state index is -1.40. The van der Waals surface area contributed by atoms with E-state index in [1.54, 1.807) is 12.1 Å². The number of carbonyl (C=O) groups is 2. The molecule has 0 spiro atoms. The Balaban J connectivity index is 2.66. The zero-order valence-electron chi connectivity index (χ0n) is 11.1. The van der Waals surface area contributed by atoms with Crippen LogP contribution in [0.4, 0.5) is 10.1 Å². The number of Topliss-reactive ketones (excluding diaryl/α,β-unsaturated/α-hetero) is 1. The molecule has 0 aromatic heterocycles. The molecule has 106 valence electrons. The molecule has 0 fully saturated rings. The lowest BCUT2D eigenvalue weighted by molar-refractivity contribution is -0.127. The van der Waals surface area contributed by atoms with E-state index >= 15 is 0 Å². The lowest BCUT2D eigenvalue weighted by atomic mass is 10.1. The Morgan fingerprint density at radius 2 is 2.15 bits per heavy atom. The number of hydrogen-bond acceptors (Lipinski definition) is 4. The van der Waals surface area contributed by atoms with E-state index in [2.05, 4.69) is 5.32 Å². The number of anilines is 1. The van der Waals surface area contributed by atoms with Crippen LogP contribution in [-0.2, 0) is 9.59 Å². The van der Waals surface area contributed by atoms with Gasteiger partial charge in [-0.2, -0.15) is 17.0 Å². The second kappa shape index (κ2) is 8.33. The third kappa shape index (κ3) is 4.67. The van der Waals surface area contributed by atoms with Crippen LogP contribution < -0.4 is 5.32 Å². The molecule has 1 unspecified atom stereocenters. The van der Waals surface area contributed by atoms with Gasteiger partial charge in [-0.1, -0.05) is 19.1 Å². The SMILES string of the molecule is CCCSCC(=O)C(C#N)C(=O)Nc1ccccc1F. The summed E-state index contributed by atoms with van der Waals surface area (Å²) in [6.45, 7) is 1.98. The summed E-state index contributed by atoms with van der Waals surface area (Å²) in [5, 5.41) is 11.2. The van der Waals surface area contributed by atoms with Crippen molar-refractivity contribution in [2.75, 3.05) is 16.8 Å². The van der Waals surface area contributed by atoms with Crippen molar-refractivity contribution < 1.29 is 14.0 Å². The molecule has 1 aromatic rings. The van der Waals surface area contributed by atoms with Crippen molar-refractivity contribution in [3.63, 3.8) is 0 Å². The smallest absolute Gasteiger partial charge is 0.249 e. The monoisotopic (exact) mass is 294 g/mol. The molecule has 0 aliphatic rings. The Morgan fingerprint density at radius 1 is 1.45 bits per heavy atom. The van der Waals surface area contributed by atoms with Crippen LogP contribution >= 0.6 is 11.8 Å². The van der Waals surface area contributed by atoms with Gasteiger partial charge in [0.1, 0.15) is 5.82 Å². The number of thioether (sulfide) groups is 1. The number of para-hydroxylation sites is 1. The highest BCUT2D eigenvalue weighted by Crippen LogP contribution is 2.15. The van der Waals surface area contributed by atoms with Crippen LogP contribution in [0.15, 0.2) is 24.3 Å². The first-order valence-corrected chi connectivity index (χ1v) is 7.31. The van der Waals surface area contributed by atoms with Gasteiger partial charge >= 0.3 is 0 Å². The standard InChI is InChI=1S/C14H15FN2O2S/c1-2-7-20-9-13(18)10(8-16)14(19)17-12-6-4-3-5-11(12)15/h3-6,10H,2,7,9H2,1H3,(H,17,19). The van der Waals surface area contributed by atoms with Crippen LogP contribution in [0.25, 0.3) is 0 Å². The summed E-state index contributed by atoms with van der Waals surface area (Å²) < 4.78 is 13.4. The van der Waals surface area contributed by atoms with Gasteiger partial charge in [-0.15, -0.1) is 0 Å². The number of hydrogen-bond donors (Lipinski definition) is 1. The Hall–Kier alpha value is -1.87. The van der Waals surface area contributed by atoms with Gasteiger partial charge in [-0.05, 0) is 24.3 Å². The van der Waals surface area contributed by atoms with Crippen LogP contribution in [0.5, 0.6) is 0 Å². The summed E-state index contributed by atoms with van der Waals surface area (Å²) in [6.07, 6.45) is 0.913. The Bertz CT molecular complexity index is 528. The number of halogens is 1. The molecular formula is C14H15FN2O2S. The van der Waals surface area contributed by atoms with E-state index < -0.39 is 23.4 Å². The maximum Gasteiger partial charge on any atom is 0.249 e. The largest absolute Gasteiger partial charge is 0.322 e. The van der Waals surface area contributed by atoms with E-state index in [9.17, 15) is 14.0 Å². The van der Waals surface area contributed by atoms with Gasteiger partial charge in [-0.3, -0.25) is 9.59 Å². The summed E-state index contributed by atoms with van der Waals surface area (Å²) >= 11 is 1.38. The van der Waals surface area contributed by atoms with Crippen molar-refractivity contribution in [3.8, 4) is 6.07 Å². The molecular weight excluding hydrogens is 279 g/mol. The number of rotatable bonds is 7. The molecule has 1 amide bonds. The first-order valence-electron chi connectivity index (χ1n) is 6.15. The highest BCUT2D eigenvalue weighted by atomic mass is 32.2. The fraction of sp³-hybridized carbons (Fsp3) is 0.357. The van der Waals surface area contributed by atoms with E-state index in [0.29, 0.717) is 0 Å². The van der Waals surface area contributed by atoms with Crippen LogP contribution in [0, 0.1) is 23.1 Å². The highest BCUT2D eigenvalue weighted by Gasteiger charge is 2.26. The predicted molar refractivity (Wildman–Crippen MR) is 76.8 cm³/mol. The molecule has 0 saturated heterocycles. The third-order valence-electron chi connectivity index (χ3n) is 2.44. The second-order valence-electron chi connectivity index (χ2n) is 4.05. The van der Waals surface area contributed by atoms with Gasteiger partial charge in [0.15, 0.2) is 11.7 Å². The Labute approximate surface area is 121 Å². The normalized spacial score (nSPS) is 11.4. The van der Waals surface area contributed by atoms with E-state index in [4.69, 9.17) is 5.26 Å². The van der Waals surface area contributed by atoms with Crippen molar-refractivity contribution in [2.45, 2.75) is 13.3 Å². The van der Waals surface area contributed by atoms with Crippen molar-refractivity contribution in [2.24, 2.45) is 5.92 Å². The molecule has 20 heavy (non-hydrogen) atoms. The highest BCUT2D eigenvalue weighted by molar-refractivity contribution is 7.99. The number of ketones is 1. The fourth-order valence-electron chi connectivity index (χ4n) is 1.44. The van der Waals surface area contributed by atoms with E-state index in [1.807, 2.05) is 6.92 Å². The number of nitrogens with zero attached hydrogens (tertiary/aromatic N) is 1. The number of carbonyl (C=O) groups excluding carboxylic acids is 2. The van der Waals surface area contributed by atoms with Gasteiger partial charge in [0, 0.05) is 0 Å². The van der Waals surface area contributed by atoms with Crippen LogP contribution in [0.1, 0.15) is 13.3 Å². The molecule has 0 aliphatic heterocycles. The summed E-state index contributed by atoms with van der Waals surface area (Å²) in [5.74, 6) is -2.36. The topological polar surface area (TPSA) is 70.0 Å². The van der Waals surface area contributed by atoms with Crippen molar-refractivity contribution in [3.05, 3.63) is 30.1 Å². The average molecular weight is 294 g/mol. The average Bonchev–Trinajstić information content (AvgIpc) is 2.42. The van der Waals surface area contributed by atoms with Gasteiger partial charge in [0.2, 0.25) is 5.91 Å². The van der Waals surface area contributed by atoms with Crippen LogP contribution in [-0.4, -0.2) is 23.2 Å². The van der Waals surface area contributed by atoms with E-state index in [0.717, 1.165) is 12.2 Å². The molecule has 0 radical (unpaired) electrons. The number of benzene rings is 1. The zero-order valence-corrected chi connectivity index (χ0v) is 11.9. The number of nitriles is 1. The van der Waals surface area contributed by atoms with Crippen molar-refractivity contribution in [1.29, 1.82) is 5.26 Å². The minimum Gasteiger partial charge on any atom is -0.322 e. The van der Waals surface area contributed by atoms with Crippen molar-refractivity contribution in [1.82, 2.24) is 0 Å². The first kappa shape index (κ1) is 16.2. The van der Waals surface area contributed by atoms with E-state index in [-0.39, 0.29) is 11.4 Å². The Kier molecular flexibility index (Phi) is 6.74. The maximum absolute atomic E-state index is 13.4. The summed E-state index contributed by atoms with van der Waals surface area (Å²) in [6, 6.07) is 7.27. The predicted octanol–water partition coefficient (Wildman–Crippen LogP) is 2.62. The minimum absolute atomic E-state index is 0.0354. The van der Waals surface area contributed by atoms with E-state index in [1.165, 1.54) is 30.0 Å². The molecule has 6 heteroatoms. The molecule has 1 N–H and O–H groups in total. The molecule has 0 heterocycles. The molecule has 1 atom stereocenters. The van der Waals surface area contributed by atoms with Gasteiger partial charge in [-0.25, -0.2) is 4.39 Å². The number of nitrogens with one attached hydrogen (secondary N) is 1. The zero-order chi connectivity index (χ0) is 15.0. The van der Waals surface area contributed by atoms with Crippen LogP contribution in [0.2, 0.25) is 0 Å². The summed E-state index contributed by atoms with van der Waals surface area (Å²) in [4.78, 5) is 23.6. The lowest BCUT2D eigenvalue weighted by Crippen LogP contribution is -2.30. The first-order chi connectivity index (χ1) is 9.60. The third-order valence-corrected chi connectivity index (χ3v) is 3.62. The molecule has 1 rings (SSSR count). The Morgan fingerprint density at radius 3 is 2.75 bits per heavy atom. The summed E-state index contributed by atoms with van der Waals surface area (Å²) in [7, 11) is 0. The van der Waals surface area contributed by atoms with Gasteiger partial charge < -0.3 is 5.32 Å². The van der Waals surface area contributed by atoms with Crippen LogP contribution in [0.3, 0.4) is 0 Å².